The van der Waals surface area contributed by atoms with E-state index in [1.165, 1.54) is 7.11 Å². The number of carbonyl (C=O) groups is 1. The van der Waals surface area contributed by atoms with E-state index >= 15 is 0 Å². The van der Waals surface area contributed by atoms with Gasteiger partial charge in [0.05, 0.1) is 25.6 Å². The van der Waals surface area contributed by atoms with Gasteiger partial charge in [-0.05, 0) is 30.5 Å². The number of anilines is 1. The Balaban J connectivity index is 1.64. The number of nitrogens with zero attached hydrogens (tertiary/aromatic N) is 1. The topological polar surface area (TPSA) is 84.9 Å². The second kappa shape index (κ2) is 9.70. The van der Waals surface area contributed by atoms with Gasteiger partial charge in [-0.15, -0.1) is 0 Å². The molecule has 0 aliphatic rings. The van der Waals surface area contributed by atoms with Gasteiger partial charge in [-0.2, -0.15) is 0 Å². The molecule has 0 bridgehead atoms. The monoisotopic (exact) mass is 442 g/mol. The molecule has 3 aromatic carbocycles. The molecule has 3 aromatic rings. The average molecular weight is 443 g/mol. The molecule has 3 rings (SSSR count). The third kappa shape index (κ3) is 5.46. The minimum absolute atomic E-state index is 0.238. The maximum Gasteiger partial charge on any atom is 0.243 e. The highest BCUT2D eigenvalue weighted by Gasteiger charge is 2.29. The van der Waals surface area contributed by atoms with E-state index in [1.807, 2.05) is 42.5 Å². The average Bonchev–Trinajstić information content (AvgIpc) is 2.75. The predicted molar refractivity (Wildman–Crippen MR) is 122 cm³/mol. The Morgan fingerprint density at radius 3 is 2.52 bits per heavy atom. The minimum Gasteiger partial charge on any atom is -0.497 e. The predicted octanol–water partition coefficient (Wildman–Crippen LogP) is 3.20. The summed E-state index contributed by atoms with van der Waals surface area (Å²) in [6.07, 6.45) is 1.07. The van der Waals surface area contributed by atoms with Crippen molar-refractivity contribution in [3.63, 3.8) is 0 Å². The van der Waals surface area contributed by atoms with E-state index in [4.69, 9.17) is 9.47 Å². The molecular formula is C23H26N2O5S. The van der Waals surface area contributed by atoms with Crippen LogP contribution in [0.15, 0.2) is 66.7 Å². The minimum atomic E-state index is -3.70. The summed E-state index contributed by atoms with van der Waals surface area (Å²) in [5.41, 5.74) is 0.358. The molecule has 7 nitrogen and oxygen atoms in total. The van der Waals surface area contributed by atoms with Crippen LogP contribution in [0, 0.1) is 0 Å². The molecular weight excluding hydrogens is 416 g/mol. The summed E-state index contributed by atoms with van der Waals surface area (Å²) in [5.74, 6) is 0.812. The van der Waals surface area contributed by atoms with Crippen molar-refractivity contribution in [2.24, 2.45) is 0 Å². The van der Waals surface area contributed by atoms with Crippen LogP contribution >= 0.6 is 0 Å². The van der Waals surface area contributed by atoms with Gasteiger partial charge in [0.1, 0.15) is 24.1 Å². The molecule has 0 aromatic heterocycles. The van der Waals surface area contributed by atoms with Crippen molar-refractivity contribution in [3.8, 4) is 11.5 Å². The van der Waals surface area contributed by atoms with Gasteiger partial charge >= 0.3 is 0 Å². The molecule has 0 saturated heterocycles. The van der Waals surface area contributed by atoms with Gasteiger partial charge in [0.25, 0.3) is 0 Å². The summed E-state index contributed by atoms with van der Waals surface area (Å²) in [6, 6.07) is 19.3. The molecule has 0 saturated carbocycles. The maximum absolute atomic E-state index is 12.7. The first-order chi connectivity index (χ1) is 14.8. The maximum atomic E-state index is 12.7. The molecule has 0 radical (unpaired) electrons. The molecule has 1 amide bonds. The lowest BCUT2D eigenvalue weighted by atomic mass is 10.1. The molecule has 0 heterocycles. The smallest absolute Gasteiger partial charge is 0.243 e. The number of fused-ring (bicyclic) bond motifs is 1. The highest BCUT2D eigenvalue weighted by Crippen LogP contribution is 2.26. The number of ether oxygens (including phenoxy) is 2. The van der Waals surface area contributed by atoms with Crippen molar-refractivity contribution in [1.29, 1.82) is 0 Å². The van der Waals surface area contributed by atoms with E-state index in [1.54, 1.807) is 31.2 Å². The molecule has 0 spiro atoms. The van der Waals surface area contributed by atoms with Crippen molar-refractivity contribution in [3.05, 3.63) is 66.7 Å². The first kappa shape index (κ1) is 22.4. The molecule has 0 aliphatic carbocycles. The van der Waals surface area contributed by atoms with Crippen LogP contribution in [0.25, 0.3) is 10.8 Å². The second-order valence-corrected chi connectivity index (χ2v) is 8.91. The van der Waals surface area contributed by atoms with Crippen LogP contribution in [0.3, 0.4) is 0 Å². The zero-order valence-electron chi connectivity index (χ0n) is 17.7. The summed E-state index contributed by atoms with van der Waals surface area (Å²) in [6.45, 7) is 2.04. The summed E-state index contributed by atoms with van der Waals surface area (Å²) in [4.78, 5) is 12.7. The van der Waals surface area contributed by atoms with Crippen LogP contribution in [-0.4, -0.2) is 46.9 Å². The molecule has 8 heteroatoms. The fourth-order valence-electron chi connectivity index (χ4n) is 3.36. The van der Waals surface area contributed by atoms with Crippen molar-refractivity contribution in [2.45, 2.75) is 13.0 Å². The molecule has 31 heavy (non-hydrogen) atoms. The van der Waals surface area contributed by atoms with Crippen LogP contribution in [0.5, 0.6) is 11.5 Å². The Labute approximate surface area is 182 Å². The summed E-state index contributed by atoms with van der Waals surface area (Å²) < 4.78 is 36.9. The number of methoxy groups -OCH3 is 1. The van der Waals surface area contributed by atoms with E-state index < -0.39 is 22.0 Å². The van der Waals surface area contributed by atoms with Crippen molar-refractivity contribution >= 4 is 32.4 Å². The summed E-state index contributed by atoms with van der Waals surface area (Å²) in [5, 5.41) is 4.81. The van der Waals surface area contributed by atoms with E-state index in [0.29, 0.717) is 11.4 Å². The van der Waals surface area contributed by atoms with Gasteiger partial charge < -0.3 is 14.8 Å². The van der Waals surface area contributed by atoms with Crippen molar-refractivity contribution < 1.29 is 22.7 Å². The number of rotatable bonds is 9. The van der Waals surface area contributed by atoms with Gasteiger partial charge in [-0.3, -0.25) is 9.10 Å². The van der Waals surface area contributed by atoms with Crippen LogP contribution < -0.4 is 19.1 Å². The fraction of sp³-hybridized carbons (Fsp3) is 0.261. The lowest BCUT2D eigenvalue weighted by Crippen LogP contribution is -2.48. The third-order valence-corrected chi connectivity index (χ3v) is 6.05. The molecule has 1 atom stereocenters. The van der Waals surface area contributed by atoms with Gasteiger partial charge in [-0.25, -0.2) is 8.42 Å². The number of amides is 1. The number of hydrogen-bond acceptors (Lipinski definition) is 5. The van der Waals surface area contributed by atoms with Crippen molar-refractivity contribution in [2.75, 3.05) is 30.8 Å². The van der Waals surface area contributed by atoms with Gasteiger partial charge in [-0.1, -0.05) is 42.5 Å². The Kier molecular flexibility index (Phi) is 7.02. The van der Waals surface area contributed by atoms with Crippen molar-refractivity contribution in [1.82, 2.24) is 5.32 Å². The SMILES string of the molecule is COc1cccc(N(C(C)C(=O)NCCOc2cccc3ccccc23)S(C)(=O)=O)c1. The lowest BCUT2D eigenvalue weighted by Gasteiger charge is -2.28. The zero-order chi connectivity index (χ0) is 22.4. The van der Waals surface area contributed by atoms with Crippen LogP contribution in [0.1, 0.15) is 6.92 Å². The molecule has 1 unspecified atom stereocenters. The number of nitrogens with one attached hydrogen (secondary N) is 1. The first-order valence-electron chi connectivity index (χ1n) is 9.83. The summed E-state index contributed by atoms with van der Waals surface area (Å²) in [7, 11) is -2.20. The molecule has 164 valence electrons. The Morgan fingerprint density at radius 2 is 1.77 bits per heavy atom. The molecule has 1 N–H and O–H groups in total. The normalized spacial score (nSPS) is 12.2. The van der Waals surface area contributed by atoms with Gasteiger partial charge in [0.15, 0.2) is 0 Å². The largest absolute Gasteiger partial charge is 0.497 e. The number of carbonyl (C=O) groups excluding carboxylic acids is 1. The second-order valence-electron chi connectivity index (χ2n) is 7.05. The van der Waals surface area contributed by atoms with Crippen LogP contribution in [-0.2, 0) is 14.8 Å². The number of hydrogen-bond donors (Lipinski definition) is 1. The number of sulfonamides is 1. The number of benzene rings is 3. The van der Waals surface area contributed by atoms with Crippen LogP contribution in [0.2, 0.25) is 0 Å². The fourth-order valence-corrected chi connectivity index (χ4v) is 4.53. The van der Waals surface area contributed by atoms with E-state index in [0.717, 1.165) is 27.1 Å². The van der Waals surface area contributed by atoms with Crippen LogP contribution in [0.4, 0.5) is 5.69 Å². The van der Waals surface area contributed by atoms with Gasteiger partial charge in [0.2, 0.25) is 15.9 Å². The Bertz CT molecular complexity index is 1160. The Hall–Kier alpha value is -3.26. The highest BCUT2D eigenvalue weighted by molar-refractivity contribution is 7.92. The first-order valence-corrected chi connectivity index (χ1v) is 11.7. The summed E-state index contributed by atoms with van der Waals surface area (Å²) >= 11 is 0. The highest BCUT2D eigenvalue weighted by atomic mass is 32.2. The van der Waals surface area contributed by atoms with E-state index in [-0.39, 0.29) is 13.2 Å². The molecule has 0 fully saturated rings. The quantitative estimate of drug-likeness (QED) is 0.515. The standard InChI is InChI=1S/C23H26N2O5S/c1-17(25(31(3,27)28)19-10-7-11-20(16-19)29-2)23(26)24-14-15-30-22-13-6-9-18-8-4-5-12-21(18)22/h4-13,16-17H,14-15H2,1-3H3,(H,24,26). The van der Waals surface area contributed by atoms with Gasteiger partial charge in [0, 0.05) is 11.5 Å². The third-order valence-electron chi connectivity index (χ3n) is 4.80. The van der Waals surface area contributed by atoms with E-state index in [2.05, 4.69) is 5.32 Å². The Morgan fingerprint density at radius 1 is 1.06 bits per heavy atom. The molecule has 0 aliphatic heterocycles. The zero-order valence-corrected chi connectivity index (χ0v) is 18.6. The van der Waals surface area contributed by atoms with E-state index in [9.17, 15) is 13.2 Å². The lowest BCUT2D eigenvalue weighted by molar-refractivity contribution is -0.121.